The van der Waals surface area contributed by atoms with Crippen LogP contribution in [0.25, 0.3) is 0 Å². The lowest BCUT2D eigenvalue weighted by atomic mass is 10.2. The first-order chi connectivity index (χ1) is 10.7. The fourth-order valence-corrected chi connectivity index (χ4v) is 2.17. The lowest BCUT2D eigenvalue weighted by Crippen LogP contribution is -2.29. The summed E-state index contributed by atoms with van der Waals surface area (Å²) in [5, 5.41) is 7.69. The second-order valence-electron chi connectivity index (χ2n) is 4.58. The molecular formula is C14H12BrClF3N3O2. The monoisotopic (exact) mass is 425 g/mol. The molecule has 0 spiro atoms. The van der Waals surface area contributed by atoms with Crippen LogP contribution in [-0.2, 0) is 6.54 Å². The van der Waals surface area contributed by atoms with Gasteiger partial charge >= 0.3 is 6.36 Å². The zero-order valence-electron chi connectivity index (χ0n) is 11.9. The highest BCUT2D eigenvalue weighted by molar-refractivity contribution is 8.93. The number of hydrogen-bond donors (Lipinski definition) is 2. The van der Waals surface area contributed by atoms with Crippen LogP contribution in [0.5, 0.6) is 5.75 Å². The summed E-state index contributed by atoms with van der Waals surface area (Å²) in [5.41, 5.74) is 5.63. The van der Waals surface area contributed by atoms with Crippen molar-refractivity contribution in [2.45, 2.75) is 12.9 Å². The van der Waals surface area contributed by atoms with Gasteiger partial charge in [-0.05, 0) is 29.8 Å². The number of nitrogens with two attached hydrogens (primary N) is 1. The molecule has 1 aromatic carbocycles. The Morgan fingerprint density at radius 3 is 2.54 bits per heavy atom. The van der Waals surface area contributed by atoms with Crippen molar-refractivity contribution < 1.29 is 22.7 Å². The largest absolute Gasteiger partial charge is 0.573 e. The zero-order chi connectivity index (χ0) is 17.2. The standard InChI is InChI=1S/C14H11ClF3N3O2.BrH/c15-10-6-8(3-4-11(10)23-14(16,17)18)7-21-5-1-2-9(12(21)19)13(20)22;/h1-6,19H,7H2,(H2,20,22);1H. The molecule has 0 radical (unpaired) electrons. The van der Waals surface area contributed by atoms with E-state index in [-0.39, 0.29) is 39.6 Å². The minimum absolute atomic E-state index is 0. The summed E-state index contributed by atoms with van der Waals surface area (Å²) in [4.78, 5) is 11.2. The Morgan fingerprint density at radius 1 is 1.33 bits per heavy atom. The molecule has 10 heteroatoms. The second-order valence-corrected chi connectivity index (χ2v) is 4.98. The number of nitrogens with zero attached hydrogens (tertiary/aromatic N) is 1. The zero-order valence-corrected chi connectivity index (χ0v) is 14.4. The van der Waals surface area contributed by atoms with Gasteiger partial charge in [-0.1, -0.05) is 17.7 Å². The third-order valence-corrected chi connectivity index (χ3v) is 3.21. The Hall–Kier alpha value is -2.00. The van der Waals surface area contributed by atoms with Crippen LogP contribution < -0.4 is 16.0 Å². The van der Waals surface area contributed by atoms with Gasteiger partial charge in [0.25, 0.3) is 5.91 Å². The summed E-state index contributed by atoms with van der Waals surface area (Å²) >= 11 is 5.77. The molecule has 2 rings (SSSR count). The van der Waals surface area contributed by atoms with Crippen LogP contribution in [0, 0.1) is 5.41 Å². The van der Waals surface area contributed by atoms with E-state index in [9.17, 15) is 18.0 Å². The first-order valence-corrected chi connectivity index (χ1v) is 6.63. The van der Waals surface area contributed by atoms with Gasteiger partial charge in [-0.2, -0.15) is 0 Å². The number of benzene rings is 1. The summed E-state index contributed by atoms with van der Waals surface area (Å²) < 4.78 is 41.8. The van der Waals surface area contributed by atoms with E-state index in [1.165, 1.54) is 22.8 Å². The minimum atomic E-state index is -4.83. The molecule has 1 heterocycles. The first-order valence-electron chi connectivity index (χ1n) is 6.25. The highest BCUT2D eigenvalue weighted by Gasteiger charge is 2.32. The van der Waals surface area contributed by atoms with Crippen molar-refractivity contribution in [3.05, 3.63) is 58.2 Å². The van der Waals surface area contributed by atoms with Crippen LogP contribution in [-0.4, -0.2) is 16.8 Å². The molecular weight excluding hydrogens is 415 g/mol. The number of ether oxygens (including phenoxy) is 1. The Morgan fingerprint density at radius 2 is 2.00 bits per heavy atom. The molecule has 24 heavy (non-hydrogen) atoms. The van der Waals surface area contributed by atoms with E-state index in [4.69, 9.17) is 22.7 Å². The maximum atomic E-state index is 12.2. The maximum absolute atomic E-state index is 12.2. The molecule has 0 bridgehead atoms. The van der Waals surface area contributed by atoms with E-state index in [0.717, 1.165) is 6.07 Å². The molecule has 0 aliphatic carbocycles. The lowest BCUT2D eigenvalue weighted by Gasteiger charge is -2.12. The number of primary amides is 1. The SMILES string of the molecule is Br.N=c1c(C(N)=O)cccn1Cc1ccc(OC(F)(F)F)c(Cl)c1. The summed E-state index contributed by atoms with van der Waals surface area (Å²) in [6.45, 7) is 0.131. The van der Waals surface area contributed by atoms with Gasteiger partial charge < -0.3 is 15.0 Å². The van der Waals surface area contributed by atoms with Crippen LogP contribution in [0.4, 0.5) is 13.2 Å². The number of alkyl halides is 3. The Labute approximate surface area is 150 Å². The number of amides is 1. The van der Waals surface area contributed by atoms with Crippen LogP contribution in [0.1, 0.15) is 15.9 Å². The fraction of sp³-hybridized carbons (Fsp3) is 0.143. The summed E-state index contributed by atoms with van der Waals surface area (Å²) in [5.74, 6) is -1.25. The van der Waals surface area contributed by atoms with Crippen LogP contribution in [0.2, 0.25) is 5.02 Å². The van der Waals surface area contributed by atoms with Crippen molar-refractivity contribution in [2.75, 3.05) is 0 Å². The van der Waals surface area contributed by atoms with Gasteiger partial charge in [-0.3, -0.25) is 10.2 Å². The Kier molecular flexibility index (Phi) is 6.44. The molecule has 1 amide bonds. The van der Waals surface area contributed by atoms with E-state index in [1.54, 1.807) is 12.3 Å². The number of halogens is 5. The summed E-state index contributed by atoms with van der Waals surface area (Å²) in [6.07, 6.45) is -3.28. The van der Waals surface area contributed by atoms with Gasteiger partial charge in [-0.25, -0.2) is 0 Å². The molecule has 0 fully saturated rings. The number of pyridine rings is 1. The molecule has 0 aliphatic heterocycles. The van der Waals surface area contributed by atoms with Crippen LogP contribution in [0.3, 0.4) is 0 Å². The molecule has 0 saturated heterocycles. The van der Waals surface area contributed by atoms with Crippen LogP contribution in [0.15, 0.2) is 36.5 Å². The molecule has 0 unspecified atom stereocenters. The molecule has 2 aromatic rings. The highest BCUT2D eigenvalue weighted by atomic mass is 79.9. The Balaban J connectivity index is 0.00000288. The average Bonchev–Trinajstić information content (AvgIpc) is 2.42. The number of rotatable bonds is 4. The van der Waals surface area contributed by atoms with Gasteiger partial charge in [0.2, 0.25) is 0 Å². The third-order valence-electron chi connectivity index (χ3n) is 2.91. The topological polar surface area (TPSA) is 81.1 Å². The molecule has 0 saturated carbocycles. The number of carbonyl (C=O) groups is 1. The van der Waals surface area contributed by atoms with Gasteiger partial charge in [0, 0.05) is 12.7 Å². The lowest BCUT2D eigenvalue weighted by molar-refractivity contribution is -0.274. The number of aromatic nitrogens is 1. The van der Waals surface area contributed by atoms with Gasteiger partial charge in [0.15, 0.2) is 0 Å². The van der Waals surface area contributed by atoms with Crippen molar-refractivity contribution in [1.82, 2.24) is 4.57 Å². The maximum Gasteiger partial charge on any atom is 0.573 e. The molecule has 3 N–H and O–H groups in total. The summed E-state index contributed by atoms with van der Waals surface area (Å²) in [6, 6.07) is 6.73. The predicted octanol–water partition coefficient (Wildman–Crippen LogP) is 3.24. The first kappa shape index (κ1) is 20.0. The average molecular weight is 427 g/mol. The summed E-state index contributed by atoms with van der Waals surface area (Å²) in [7, 11) is 0. The van der Waals surface area contributed by atoms with E-state index < -0.39 is 18.0 Å². The third kappa shape index (κ3) is 5.00. The number of nitrogens with one attached hydrogen (secondary N) is 1. The molecule has 0 aliphatic rings. The highest BCUT2D eigenvalue weighted by Crippen LogP contribution is 2.30. The minimum Gasteiger partial charge on any atom is -0.404 e. The molecule has 0 atom stereocenters. The van der Waals surface area contributed by atoms with Crippen molar-refractivity contribution in [3.8, 4) is 5.75 Å². The van der Waals surface area contributed by atoms with Crippen LogP contribution >= 0.6 is 28.6 Å². The van der Waals surface area contributed by atoms with Crippen molar-refractivity contribution in [2.24, 2.45) is 5.73 Å². The number of hydrogen-bond acceptors (Lipinski definition) is 3. The fourth-order valence-electron chi connectivity index (χ4n) is 1.93. The van der Waals surface area contributed by atoms with Gasteiger partial charge in [-0.15, -0.1) is 30.2 Å². The van der Waals surface area contributed by atoms with Crippen molar-refractivity contribution >= 4 is 34.5 Å². The number of carbonyl (C=O) groups excluding carboxylic acids is 1. The van der Waals surface area contributed by atoms with E-state index >= 15 is 0 Å². The normalized spacial score (nSPS) is 10.8. The predicted molar refractivity (Wildman–Crippen MR) is 86.4 cm³/mol. The molecule has 5 nitrogen and oxygen atoms in total. The molecule has 130 valence electrons. The van der Waals surface area contributed by atoms with E-state index in [2.05, 4.69) is 4.74 Å². The van der Waals surface area contributed by atoms with Gasteiger partial charge in [0.1, 0.15) is 11.2 Å². The Bertz CT molecular complexity index is 809. The van der Waals surface area contributed by atoms with E-state index in [1.807, 2.05) is 0 Å². The van der Waals surface area contributed by atoms with E-state index in [0.29, 0.717) is 5.56 Å². The quantitative estimate of drug-likeness (QED) is 0.787. The smallest absolute Gasteiger partial charge is 0.404 e. The van der Waals surface area contributed by atoms with Crippen molar-refractivity contribution in [1.29, 1.82) is 5.41 Å². The van der Waals surface area contributed by atoms with Gasteiger partial charge in [0.05, 0.1) is 10.6 Å². The molecule has 1 aromatic heterocycles. The second kappa shape index (κ2) is 7.71. The van der Waals surface area contributed by atoms with Crippen molar-refractivity contribution in [3.63, 3.8) is 0 Å².